The van der Waals surface area contributed by atoms with E-state index in [-0.39, 0.29) is 23.4 Å². The summed E-state index contributed by atoms with van der Waals surface area (Å²) in [6.45, 7) is -0.285. The second kappa shape index (κ2) is 7.56. The standard InChI is InChI=1S/C25H20N2O3S/c28-23(26-25(19-9-3-1-4-10-19)20-11-5-2-6-12-20)17-27-21-15-7-13-18-14-8-16-22(24(18)21)31(27,29)30/h1-16,25H,17H2,(H,26,28). The average molecular weight is 429 g/mol. The lowest BCUT2D eigenvalue weighted by molar-refractivity contribution is -0.120. The zero-order valence-electron chi connectivity index (χ0n) is 16.6. The predicted molar refractivity (Wildman–Crippen MR) is 121 cm³/mol. The molecule has 0 bridgehead atoms. The number of hydrogen-bond acceptors (Lipinski definition) is 3. The van der Waals surface area contributed by atoms with Crippen molar-refractivity contribution in [3.05, 3.63) is 108 Å². The maximum Gasteiger partial charge on any atom is 0.265 e. The van der Waals surface area contributed by atoms with E-state index < -0.39 is 10.0 Å². The third-order valence-electron chi connectivity index (χ3n) is 5.54. The van der Waals surface area contributed by atoms with Gasteiger partial charge < -0.3 is 5.32 Å². The number of nitrogens with zero attached hydrogens (tertiary/aromatic N) is 1. The molecule has 0 saturated heterocycles. The SMILES string of the molecule is O=C(CN1c2cccc3cccc(c23)S1(=O)=O)NC(c1ccccc1)c1ccccc1. The molecule has 1 amide bonds. The van der Waals surface area contributed by atoms with Crippen molar-refractivity contribution < 1.29 is 13.2 Å². The van der Waals surface area contributed by atoms with Gasteiger partial charge >= 0.3 is 0 Å². The van der Waals surface area contributed by atoms with E-state index in [4.69, 9.17) is 0 Å². The molecule has 0 fully saturated rings. The average Bonchev–Trinajstić information content (AvgIpc) is 3.02. The summed E-state index contributed by atoms with van der Waals surface area (Å²) in [5, 5.41) is 4.54. The molecule has 0 aliphatic carbocycles. The van der Waals surface area contributed by atoms with Gasteiger partial charge in [-0.05, 0) is 28.6 Å². The van der Waals surface area contributed by atoms with Crippen LogP contribution in [0, 0.1) is 0 Å². The molecule has 0 spiro atoms. The van der Waals surface area contributed by atoms with Crippen LogP contribution >= 0.6 is 0 Å². The molecule has 4 aromatic carbocycles. The van der Waals surface area contributed by atoms with Gasteiger partial charge in [0.25, 0.3) is 10.0 Å². The highest BCUT2D eigenvalue weighted by molar-refractivity contribution is 7.93. The van der Waals surface area contributed by atoms with E-state index in [1.165, 1.54) is 4.31 Å². The zero-order chi connectivity index (χ0) is 21.4. The van der Waals surface area contributed by atoms with E-state index in [2.05, 4.69) is 5.32 Å². The molecular formula is C25H20N2O3S. The highest BCUT2D eigenvalue weighted by atomic mass is 32.2. The number of benzene rings is 4. The smallest absolute Gasteiger partial charge is 0.265 e. The molecule has 1 aliphatic heterocycles. The molecule has 1 heterocycles. The summed E-state index contributed by atoms with van der Waals surface area (Å²) >= 11 is 0. The van der Waals surface area contributed by atoms with Gasteiger partial charge in [0.2, 0.25) is 5.91 Å². The summed E-state index contributed by atoms with van der Waals surface area (Å²) in [7, 11) is -3.79. The lowest BCUT2D eigenvalue weighted by Gasteiger charge is -2.23. The second-order valence-electron chi connectivity index (χ2n) is 7.46. The molecule has 1 aliphatic rings. The van der Waals surface area contributed by atoms with Gasteiger partial charge in [-0.3, -0.25) is 9.10 Å². The fraction of sp³-hybridized carbons (Fsp3) is 0.0800. The second-order valence-corrected chi connectivity index (χ2v) is 9.30. The molecule has 6 heteroatoms. The minimum Gasteiger partial charge on any atom is -0.344 e. The maximum atomic E-state index is 13.2. The van der Waals surface area contributed by atoms with Gasteiger partial charge in [-0.1, -0.05) is 84.9 Å². The number of hydrogen-bond donors (Lipinski definition) is 1. The third-order valence-corrected chi connectivity index (χ3v) is 7.34. The predicted octanol–water partition coefficient (Wildman–Crippen LogP) is 4.25. The number of rotatable bonds is 5. The van der Waals surface area contributed by atoms with Crippen molar-refractivity contribution in [1.82, 2.24) is 5.32 Å². The summed E-state index contributed by atoms with van der Waals surface area (Å²) in [6, 6.07) is 29.5. The summed E-state index contributed by atoms with van der Waals surface area (Å²) in [6.07, 6.45) is 0. The first-order valence-electron chi connectivity index (χ1n) is 9.99. The van der Waals surface area contributed by atoms with E-state index in [0.717, 1.165) is 16.5 Å². The normalized spacial score (nSPS) is 14.2. The number of sulfonamides is 1. The van der Waals surface area contributed by atoms with Crippen LogP contribution in [0.4, 0.5) is 5.69 Å². The monoisotopic (exact) mass is 428 g/mol. The van der Waals surface area contributed by atoms with Crippen molar-refractivity contribution in [3.63, 3.8) is 0 Å². The van der Waals surface area contributed by atoms with Crippen LogP contribution in [-0.2, 0) is 14.8 Å². The molecule has 1 N–H and O–H groups in total. The highest BCUT2D eigenvalue weighted by Crippen LogP contribution is 2.41. The fourth-order valence-corrected chi connectivity index (χ4v) is 5.78. The summed E-state index contributed by atoms with van der Waals surface area (Å²) in [4.78, 5) is 13.3. The molecule has 0 unspecified atom stereocenters. The van der Waals surface area contributed by atoms with Gasteiger partial charge in [-0.15, -0.1) is 0 Å². The zero-order valence-corrected chi connectivity index (χ0v) is 17.4. The van der Waals surface area contributed by atoms with Gasteiger partial charge in [0.1, 0.15) is 6.54 Å². The van der Waals surface area contributed by atoms with Crippen molar-refractivity contribution in [2.45, 2.75) is 10.9 Å². The Morgan fingerprint density at radius 1 is 0.774 bits per heavy atom. The van der Waals surface area contributed by atoms with E-state index in [1.807, 2.05) is 78.9 Å². The van der Waals surface area contributed by atoms with Gasteiger partial charge in [0, 0.05) is 5.39 Å². The molecule has 0 atom stereocenters. The molecule has 4 aromatic rings. The van der Waals surface area contributed by atoms with E-state index in [9.17, 15) is 13.2 Å². The lowest BCUT2D eigenvalue weighted by Crippen LogP contribution is -2.40. The Morgan fingerprint density at radius 2 is 1.35 bits per heavy atom. The molecular weight excluding hydrogens is 408 g/mol. The first-order chi connectivity index (χ1) is 15.1. The van der Waals surface area contributed by atoms with Gasteiger partial charge in [-0.2, -0.15) is 0 Å². The Balaban J connectivity index is 1.47. The summed E-state index contributed by atoms with van der Waals surface area (Å²) in [5.41, 5.74) is 2.40. The van der Waals surface area contributed by atoms with Crippen LogP contribution < -0.4 is 9.62 Å². The van der Waals surface area contributed by atoms with Crippen molar-refractivity contribution in [1.29, 1.82) is 0 Å². The van der Waals surface area contributed by atoms with Crippen LogP contribution in [0.1, 0.15) is 17.2 Å². The van der Waals surface area contributed by atoms with Gasteiger partial charge in [-0.25, -0.2) is 8.42 Å². The molecule has 0 saturated carbocycles. The Labute approximate surface area is 181 Å². The molecule has 0 aromatic heterocycles. The topological polar surface area (TPSA) is 66.5 Å². The van der Waals surface area contributed by atoms with Crippen molar-refractivity contribution >= 4 is 32.4 Å². The molecule has 31 heavy (non-hydrogen) atoms. The molecule has 0 radical (unpaired) electrons. The Morgan fingerprint density at radius 3 is 1.97 bits per heavy atom. The van der Waals surface area contributed by atoms with Crippen LogP contribution in [0.2, 0.25) is 0 Å². The van der Waals surface area contributed by atoms with Gasteiger partial charge in [0.15, 0.2) is 0 Å². The summed E-state index contributed by atoms with van der Waals surface area (Å²) in [5.74, 6) is -0.369. The Kier molecular flexibility index (Phi) is 4.71. The highest BCUT2D eigenvalue weighted by Gasteiger charge is 2.36. The van der Waals surface area contributed by atoms with E-state index in [0.29, 0.717) is 11.1 Å². The minimum atomic E-state index is -3.79. The van der Waals surface area contributed by atoms with Crippen LogP contribution in [0.5, 0.6) is 0 Å². The van der Waals surface area contributed by atoms with Crippen LogP contribution in [0.15, 0.2) is 102 Å². The van der Waals surface area contributed by atoms with Crippen LogP contribution in [0.25, 0.3) is 10.8 Å². The van der Waals surface area contributed by atoms with E-state index in [1.54, 1.807) is 18.2 Å². The molecule has 5 rings (SSSR count). The Hall–Kier alpha value is -3.64. The number of carbonyl (C=O) groups excluding carboxylic acids is 1. The number of nitrogens with one attached hydrogen (secondary N) is 1. The largest absolute Gasteiger partial charge is 0.344 e. The number of carbonyl (C=O) groups is 1. The third kappa shape index (κ3) is 3.35. The minimum absolute atomic E-state index is 0.246. The fourth-order valence-electron chi connectivity index (χ4n) is 4.12. The first kappa shape index (κ1) is 19.3. The maximum absolute atomic E-state index is 13.2. The van der Waals surface area contributed by atoms with Crippen molar-refractivity contribution in [2.24, 2.45) is 0 Å². The Bertz CT molecular complexity index is 1330. The molecule has 154 valence electrons. The van der Waals surface area contributed by atoms with E-state index >= 15 is 0 Å². The van der Waals surface area contributed by atoms with Gasteiger partial charge in [0.05, 0.1) is 16.6 Å². The number of anilines is 1. The first-order valence-corrected chi connectivity index (χ1v) is 11.4. The quantitative estimate of drug-likeness (QED) is 0.517. The van der Waals surface area contributed by atoms with Crippen LogP contribution in [-0.4, -0.2) is 20.9 Å². The molecule has 5 nitrogen and oxygen atoms in total. The summed E-state index contributed by atoms with van der Waals surface area (Å²) < 4.78 is 27.5. The van der Waals surface area contributed by atoms with Crippen LogP contribution in [0.3, 0.4) is 0 Å². The van der Waals surface area contributed by atoms with Crippen molar-refractivity contribution in [3.8, 4) is 0 Å². The van der Waals surface area contributed by atoms with Crippen molar-refractivity contribution in [2.75, 3.05) is 10.8 Å². The lowest BCUT2D eigenvalue weighted by atomic mass is 9.99. The number of amides is 1.